The van der Waals surface area contributed by atoms with E-state index in [-0.39, 0.29) is 0 Å². The number of carbonyl (C=O) groups excluding carboxylic acids is 1. The Hall–Kier alpha value is -4.58. The molecule has 6 nitrogen and oxygen atoms in total. The molecule has 4 aromatic carbocycles. The molecule has 5 rings (SSSR count). The van der Waals surface area contributed by atoms with E-state index in [1.54, 1.807) is 12.1 Å². The fraction of sp³-hybridized carbons (Fsp3) is 0.409. The van der Waals surface area contributed by atoms with Crippen LogP contribution in [0.25, 0.3) is 33.5 Å². The van der Waals surface area contributed by atoms with E-state index in [0.717, 1.165) is 46.7 Å². The Morgan fingerprint density at radius 2 is 1.46 bits per heavy atom. The second-order valence-corrected chi connectivity index (χ2v) is 11.9. The van der Waals surface area contributed by atoms with E-state index in [1.807, 2.05) is 59.7 Å². The van der Waals surface area contributed by atoms with Gasteiger partial charge in [-0.1, -0.05) is 104 Å². The minimum atomic E-state index is -0.445. The Labute approximate surface area is 302 Å². The highest BCUT2D eigenvalue weighted by atomic mass is 16.5. The first-order chi connectivity index (χ1) is 24.2. The average molecular weight is 679 g/mol. The van der Waals surface area contributed by atoms with Crippen molar-refractivity contribution < 1.29 is 9.53 Å². The van der Waals surface area contributed by atoms with Crippen molar-refractivity contribution in [1.29, 1.82) is 0 Å². The van der Waals surface area contributed by atoms with Crippen LogP contribution in [0.2, 0.25) is 0 Å². The predicted octanol–water partition coefficient (Wildman–Crippen LogP) is 11.9. The summed E-state index contributed by atoms with van der Waals surface area (Å²) in [6.07, 6.45) is 4.63. The van der Waals surface area contributed by atoms with Crippen LogP contribution in [0.4, 0.5) is 5.69 Å². The number of nitrogens with two attached hydrogens (primary N) is 1. The van der Waals surface area contributed by atoms with Crippen molar-refractivity contribution in [3.05, 3.63) is 102 Å². The monoisotopic (exact) mass is 678 g/mol. The first kappa shape index (κ1) is 41.6. The SMILES string of the molecule is CC.CC.CC.CCCCCCn1c(-c2ccc(OCc3cc(N(C)C(C)C)ccc3-c3ccc(C)cc3)cc2)nc2cc(C(N)=O)ccc21. The van der Waals surface area contributed by atoms with Crippen molar-refractivity contribution in [3.8, 4) is 28.3 Å². The number of ether oxygens (including phenoxy) is 1. The van der Waals surface area contributed by atoms with Crippen LogP contribution in [0.5, 0.6) is 5.75 Å². The third kappa shape index (κ3) is 11.0. The summed E-state index contributed by atoms with van der Waals surface area (Å²) in [4.78, 5) is 19.0. The van der Waals surface area contributed by atoms with E-state index in [2.05, 4.69) is 98.8 Å². The summed E-state index contributed by atoms with van der Waals surface area (Å²) in [6.45, 7) is 22.0. The van der Waals surface area contributed by atoms with Gasteiger partial charge in [0.05, 0.1) is 11.0 Å². The third-order valence-electron chi connectivity index (χ3n) is 8.41. The van der Waals surface area contributed by atoms with Crippen molar-refractivity contribution in [1.82, 2.24) is 9.55 Å². The van der Waals surface area contributed by atoms with E-state index in [1.165, 1.54) is 41.6 Å². The number of hydrogen-bond acceptors (Lipinski definition) is 4. The number of carbonyl (C=O) groups is 1. The smallest absolute Gasteiger partial charge is 0.248 e. The number of imidazole rings is 1. The molecule has 50 heavy (non-hydrogen) atoms. The summed E-state index contributed by atoms with van der Waals surface area (Å²) >= 11 is 0. The summed E-state index contributed by atoms with van der Waals surface area (Å²) < 4.78 is 8.65. The van der Waals surface area contributed by atoms with Gasteiger partial charge in [-0.2, -0.15) is 0 Å². The van der Waals surface area contributed by atoms with Gasteiger partial charge in [-0.05, 0) is 98.5 Å². The number of anilines is 1. The number of aryl methyl sites for hydroxylation is 2. The highest BCUT2D eigenvalue weighted by Gasteiger charge is 2.16. The minimum Gasteiger partial charge on any atom is -0.489 e. The zero-order chi connectivity index (χ0) is 37.2. The molecule has 0 spiro atoms. The summed E-state index contributed by atoms with van der Waals surface area (Å²) in [6, 6.07) is 29.4. The van der Waals surface area contributed by atoms with Crippen LogP contribution in [-0.2, 0) is 13.2 Å². The molecule has 1 aromatic heterocycles. The normalized spacial score (nSPS) is 10.3. The molecule has 0 saturated heterocycles. The molecule has 0 atom stereocenters. The number of primary amides is 1. The standard InChI is InChI=1S/C38H44N4O2.3C2H6/c1-6-7-8-9-22-42-36-21-16-30(37(39)43)24-35(36)40-38(42)29-14-18-33(19-15-29)44-25-31-23-32(41(5)26(2)3)17-20-34(31)28-12-10-27(4)11-13-28;3*1-2/h10-21,23-24,26H,6-9,22,25H2,1-5H3,(H2,39,43);3*1-2H3. The lowest BCUT2D eigenvalue weighted by molar-refractivity contribution is 0.100. The Bertz CT molecular complexity index is 1720. The van der Waals surface area contributed by atoms with E-state index >= 15 is 0 Å². The Morgan fingerprint density at radius 1 is 0.820 bits per heavy atom. The fourth-order valence-electron chi connectivity index (χ4n) is 5.52. The highest BCUT2D eigenvalue weighted by molar-refractivity contribution is 5.96. The minimum absolute atomic E-state index is 0.389. The number of benzene rings is 4. The largest absolute Gasteiger partial charge is 0.489 e. The van der Waals surface area contributed by atoms with E-state index < -0.39 is 5.91 Å². The van der Waals surface area contributed by atoms with Crippen LogP contribution in [0, 0.1) is 6.92 Å². The maximum absolute atomic E-state index is 11.8. The zero-order valence-electron chi connectivity index (χ0n) is 32.6. The molecule has 0 aliphatic rings. The van der Waals surface area contributed by atoms with Crippen LogP contribution in [-0.4, -0.2) is 28.5 Å². The molecule has 270 valence electrons. The van der Waals surface area contributed by atoms with Crippen molar-refractivity contribution in [3.63, 3.8) is 0 Å². The first-order valence-electron chi connectivity index (χ1n) is 18.7. The van der Waals surface area contributed by atoms with Crippen LogP contribution in [0.3, 0.4) is 0 Å². The molecule has 0 radical (unpaired) electrons. The van der Waals surface area contributed by atoms with Gasteiger partial charge >= 0.3 is 0 Å². The zero-order valence-corrected chi connectivity index (χ0v) is 32.6. The van der Waals surface area contributed by atoms with Crippen LogP contribution in [0.15, 0.2) is 84.9 Å². The molecule has 0 fully saturated rings. The van der Waals surface area contributed by atoms with Crippen LogP contribution >= 0.6 is 0 Å². The number of unbranched alkanes of at least 4 members (excludes halogenated alkanes) is 3. The maximum Gasteiger partial charge on any atom is 0.248 e. The Kier molecular flexibility index (Phi) is 17.9. The summed E-state index contributed by atoms with van der Waals surface area (Å²) in [7, 11) is 2.13. The quantitative estimate of drug-likeness (QED) is 0.126. The van der Waals surface area contributed by atoms with Gasteiger partial charge in [-0.15, -0.1) is 0 Å². The molecule has 0 aliphatic heterocycles. The molecule has 0 aliphatic carbocycles. The molecule has 0 unspecified atom stereocenters. The van der Waals surface area contributed by atoms with E-state index in [0.29, 0.717) is 18.2 Å². The summed E-state index contributed by atoms with van der Waals surface area (Å²) in [5, 5.41) is 0. The highest BCUT2D eigenvalue weighted by Crippen LogP contribution is 2.31. The molecule has 1 heterocycles. The molecule has 0 saturated carbocycles. The molecule has 0 bridgehead atoms. The van der Waals surface area contributed by atoms with Crippen molar-refractivity contribution in [2.75, 3.05) is 11.9 Å². The number of rotatable bonds is 13. The molecule has 6 heteroatoms. The number of aromatic nitrogens is 2. The van der Waals surface area contributed by atoms with Gasteiger partial charge < -0.3 is 19.9 Å². The van der Waals surface area contributed by atoms with Gasteiger partial charge in [-0.25, -0.2) is 4.98 Å². The van der Waals surface area contributed by atoms with Crippen LogP contribution < -0.4 is 15.4 Å². The Morgan fingerprint density at radius 3 is 2.06 bits per heavy atom. The summed E-state index contributed by atoms with van der Waals surface area (Å²) in [5.41, 5.74) is 14.7. The molecular formula is C44H62N4O2. The number of amides is 1. The number of hydrogen-bond donors (Lipinski definition) is 1. The lowest BCUT2D eigenvalue weighted by Crippen LogP contribution is -2.25. The van der Waals surface area contributed by atoms with E-state index in [9.17, 15) is 4.79 Å². The van der Waals surface area contributed by atoms with Gasteiger partial charge in [0.2, 0.25) is 5.91 Å². The van der Waals surface area contributed by atoms with Gasteiger partial charge in [0, 0.05) is 36.4 Å². The maximum atomic E-state index is 11.8. The topological polar surface area (TPSA) is 73.4 Å². The van der Waals surface area contributed by atoms with Crippen LogP contribution in [0.1, 0.15) is 109 Å². The van der Waals surface area contributed by atoms with Crippen molar-refractivity contribution >= 4 is 22.6 Å². The summed E-state index contributed by atoms with van der Waals surface area (Å²) in [5.74, 6) is 1.24. The van der Waals surface area contributed by atoms with Gasteiger partial charge in [0.15, 0.2) is 0 Å². The molecule has 1 amide bonds. The third-order valence-corrected chi connectivity index (χ3v) is 8.41. The van der Waals surface area contributed by atoms with Gasteiger partial charge in [-0.3, -0.25) is 4.79 Å². The van der Waals surface area contributed by atoms with Gasteiger partial charge in [0.25, 0.3) is 0 Å². The van der Waals surface area contributed by atoms with Gasteiger partial charge in [0.1, 0.15) is 18.2 Å². The predicted molar refractivity (Wildman–Crippen MR) is 216 cm³/mol. The van der Waals surface area contributed by atoms with Crippen molar-refractivity contribution in [2.24, 2.45) is 5.73 Å². The molecular weight excluding hydrogens is 617 g/mol. The number of fused-ring (bicyclic) bond motifs is 1. The van der Waals surface area contributed by atoms with Crippen molar-refractivity contribution in [2.45, 2.75) is 114 Å². The Balaban J connectivity index is 0.00000137. The average Bonchev–Trinajstić information content (AvgIpc) is 3.52. The second-order valence-electron chi connectivity index (χ2n) is 11.9. The first-order valence-corrected chi connectivity index (χ1v) is 18.7. The molecule has 2 N–H and O–H groups in total. The number of nitrogens with zero attached hydrogens (tertiary/aromatic N) is 3. The fourth-order valence-corrected chi connectivity index (χ4v) is 5.52. The van der Waals surface area contributed by atoms with E-state index in [4.69, 9.17) is 15.5 Å². The lowest BCUT2D eigenvalue weighted by Gasteiger charge is -2.25. The second kappa shape index (κ2) is 21.5. The molecule has 5 aromatic rings. The lowest BCUT2D eigenvalue weighted by atomic mass is 9.98.